The summed E-state index contributed by atoms with van der Waals surface area (Å²) >= 11 is 5.02. The van der Waals surface area contributed by atoms with E-state index in [1.807, 2.05) is 30.3 Å². The Morgan fingerprint density at radius 3 is 2.33 bits per heavy atom. The third-order valence-electron chi connectivity index (χ3n) is 5.19. The van der Waals surface area contributed by atoms with Crippen LogP contribution in [0.5, 0.6) is 5.75 Å². The number of hydrogen-bond acceptors (Lipinski definition) is 6. The van der Waals surface area contributed by atoms with Crippen molar-refractivity contribution in [1.82, 2.24) is 9.97 Å². The number of nitrogens with zero attached hydrogens (tertiary/aromatic N) is 2. The van der Waals surface area contributed by atoms with Crippen LogP contribution in [0.25, 0.3) is 32.0 Å². The van der Waals surface area contributed by atoms with Gasteiger partial charge in [0.15, 0.2) is 0 Å². The molecule has 0 radical (unpaired) electrons. The first-order valence-corrected chi connectivity index (χ1v) is 13.1. The fraction of sp³-hybridized carbons (Fsp3) is 0.0400. The van der Waals surface area contributed by atoms with Crippen LogP contribution in [0.3, 0.4) is 0 Å². The van der Waals surface area contributed by atoms with Crippen molar-refractivity contribution in [2.75, 3.05) is 7.11 Å². The fourth-order valence-electron chi connectivity index (χ4n) is 3.55. The van der Waals surface area contributed by atoms with Gasteiger partial charge in [0.2, 0.25) is 9.84 Å². The highest BCUT2D eigenvalue weighted by atomic mass is 79.9. The van der Waals surface area contributed by atoms with Crippen molar-refractivity contribution in [3.8, 4) is 26.9 Å². The average Bonchev–Trinajstić information content (AvgIpc) is 3.35. The van der Waals surface area contributed by atoms with Gasteiger partial charge in [-0.2, -0.15) is 0 Å². The minimum Gasteiger partial charge on any atom is -0.495 e. The molecule has 0 aliphatic carbocycles. The van der Waals surface area contributed by atoms with Crippen molar-refractivity contribution < 1.29 is 13.2 Å². The monoisotopic (exact) mass is 536 g/mol. The number of sulfone groups is 1. The quantitative estimate of drug-likeness (QED) is 0.252. The molecule has 5 nitrogen and oxygen atoms in total. The van der Waals surface area contributed by atoms with Crippen LogP contribution in [0.4, 0.5) is 0 Å². The summed E-state index contributed by atoms with van der Waals surface area (Å²) in [4.78, 5) is 10.5. The van der Waals surface area contributed by atoms with Crippen LogP contribution in [-0.4, -0.2) is 25.5 Å². The van der Waals surface area contributed by atoms with E-state index in [1.165, 1.54) is 11.3 Å². The van der Waals surface area contributed by atoms with E-state index in [1.54, 1.807) is 61.8 Å². The van der Waals surface area contributed by atoms with Crippen molar-refractivity contribution in [2.24, 2.45) is 0 Å². The molecule has 0 aliphatic heterocycles. The number of rotatable bonds is 5. The highest BCUT2D eigenvalue weighted by molar-refractivity contribution is 9.10. The van der Waals surface area contributed by atoms with E-state index < -0.39 is 9.84 Å². The number of ether oxygens (including phenoxy) is 1. The first-order valence-electron chi connectivity index (χ1n) is 9.98. The van der Waals surface area contributed by atoms with E-state index in [0.29, 0.717) is 26.8 Å². The molecule has 2 heterocycles. The van der Waals surface area contributed by atoms with Gasteiger partial charge in [-0.3, -0.25) is 0 Å². The molecule has 0 fully saturated rings. The first kappa shape index (κ1) is 21.8. The minimum atomic E-state index is -3.80. The summed E-state index contributed by atoms with van der Waals surface area (Å²) in [6.07, 6.45) is 1.73. The Morgan fingerprint density at radius 1 is 0.939 bits per heavy atom. The second-order valence-corrected chi connectivity index (χ2v) is 10.9. The molecule has 164 valence electrons. The second kappa shape index (κ2) is 8.70. The lowest BCUT2D eigenvalue weighted by Gasteiger charge is -2.13. The van der Waals surface area contributed by atoms with E-state index in [2.05, 4.69) is 20.9 Å². The van der Waals surface area contributed by atoms with Crippen LogP contribution in [0, 0.1) is 0 Å². The zero-order valence-electron chi connectivity index (χ0n) is 17.4. The van der Waals surface area contributed by atoms with E-state index in [-0.39, 0.29) is 9.79 Å². The van der Waals surface area contributed by atoms with Crippen molar-refractivity contribution in [1.29, 1.82) is 0 Å². The number of halogens is 1. The summed E-state index contributed by atoms with van der Waals surface area (Å²) in [6.45, 7) is 0. The number of pyridine rings is 1. The van der Waals surface area contributed by atoms with Crippen LogP contribution in [0.15, 0.2) is 99.3 Å². The normalized spacial score (nSPS) is 11.6. The number of fused-ring (bicyclic) bond motifs is 1. The van der Waals surface area contributed by atoms with Crippen LogP contribution in [0.2, 0.25) is 0 Å². The molecule has 5 rings (SSSR count). The second-order valence-electron chi connectivity index (χ2n) is 7.20. The smallest absolute Gasteiger partial charge is 0.207 e. The zero-order valence-corrected chi connectivity index (χ0v) is 20.6. The molecule has 0 amide bonds. The van der Waals surface area contributed by atoms with Gasteiger partial charge in [0.25, 0.3) is 0 Å². The van der Waals surface area contributed by atoms with Crippen LogP contribution in [0.1, 0.15) is 0 Å². The number of hydrogen-bond donors (Lipinski definition) is 0. The van der Waals surface area contributed by atoms with Gasteiger partial charge in [0, 0.05) is 17.1 Å². The number of aromatic nitrogens is 2. The Kier molecular flexibility index (Phi) is 5.74. The minimum absolute atomic E-state index is 0.187. The number of benzene rings is 3. The third kappa shape index (κ3) is 3.94. The molecule has 0 spiro atoms. The lowest BCUT2D eigenvalue weighted by Crippen LogP contribution is -2.04. The molecule has 0 aliphatic rings. The molecule has 0 bridgehead atoms. The number of methoxy groups -OCH3 is 1. The largest absolute Gasteiger partial charge is 0.495 e. The topological polar surface area (TPSA) is 69.2 Å². The van der Waals surface area contributed by atoms with Gasteiger partial charge in [-0.05, 0) is 46.3 Å². The number of thiazole rings is 1. The molecule has 2 aromatic heterocycles. The summed E-state index contributed by atoms with van der Waals surface area (Å²) in [6, 6.07) is 23.4. The van der Waals surface area contributed by atoms with Crippen molar-refractivity contribution in [3.63, 3.8) is 0 Å². The predicted octanol–water partition coefficient (Wildman–Crippen LogP) is 6.63. The summed E-state index contributed by atoms with van der Waals surface area (Å²) < 4.78 is 33.3. The molecule has 5 aromatic rings. The maximum atomic E-state index is 13.6. The summed E-state index contributed by atoms with van der Waals surface area (Å²) in [5.41, 5.74) is 2.04. The average molecular weight is 537 g/mol. The Balaban J connectivity index is 1.76. The SMILES string of the molecule is COc1ccc2c(S(=O)(=O)c3ccccc3)cc(-c3cnc(-c4ccccc4)s3)nc2c1Br. The van der Waals surface area contributed by atoms with Gasteiger partial charge < -0.3 is 4.74 Å². The van der Waals surface area contributed by atoms with Gasteiger partial charge in [-0.25, -0.2) is 18.4 Å². The molecule has 8 heteroatoms. The van der Waals surface area contributed by atoms with Crippen LogP contribution >= 0.6 is 27.3 Å². The van der Waals surface area contributed by atoms with Gasteiger partial charge in [0.1, 0.15) is 10.8 Å². The Morgan fingerprint density at radius 2 is 1.64 bits per heavy atom. The van der Waals surface area contributed by atoms with Crippen molar-refractivity contribution in [3.05, 3.63) is 89.5 Å². The molecule has 0 unspecified atom stereocenters. The van der Waals surface area contributed by atoms with Gasteiger partial charge in [-0.1, -0.05) is 48.5 Å². The Bertz CT molecular complexity index is 1570. The molecule has 0 N–H and O–H groups in total. The maximum Gasteiger partial charge on any atom is 0.207 e. The molecule has 0 saturated heterocycles. The Hall–Kier alpha value is -3.07. The maximum absolute atomic E-state index is 13.6. The predicted molar refractivity (Wildman–Crippen MR) is 134 cm³/mol. The van der Waals surface area contributed by atoms with Crippen LogP contribution in [-0.2, 0) is 9.84 Å². The lowest BCUT2D eigenvalue weighted by atomic mass is 10.2. The highest BCUT2D eigenvalue weighted by Crippen LogP contribution is 2.40. The lowest BCUT2D eigenvalue weighted by molar-refractivity contribution is 0.413. The molecular formula is C25H17BrN2O3S2. The van der Waals surface area contributed by atoms with E-state index in [4.69, 9.17) is 9.72 Å². The highest BCUT2D eigenvalue weighted by Gasteiger charge is 2.24. The summed E-state index contributed by atoms with van der Waals surface area (Å²) in [7, 11) is -2.23. The molecule has 0 saturated carbocycles. The standard InChI is InChI=1S/C25H17BrN2O3S2/c1-31-20-13-12-18-22(33(29,30)17-10-6-3-7-11-17)14-19(28-24(18)23(20)26)21-15-27-25(32-21)16-8-4-2-5-9-16/h2-15H,1H3. The fourth-order valence-corrected chi connectivity index (χ4v) is 6.52. The molecule has 33 heavy (non-hydrogen) atoms. The molecule has 0 atom stereocenters. The van der Waals surface area contributed by atoms with Gasteiger partial charge in [0.05, 0.1) is 37.5 Å². The first-order chi connectivity index (χ1) is 16.0. The summed E-state index contributed by atoms with van der Waals surface area (Å²) in [5.74, 6) is 0.574. The molecule has 3 aromatic carbocycles. The molecular weight excluding hydrogens is 520 g/mol. The van der Waals surface area contributed by atoms with E-state index in [0.717, 1.165) is 15.4 Å². The Labute approximate surface area is 203 Å². The van der Waals surface area contributed by atoms with Crippen LogP contribution < -0.4 is 4.74 Å². The van der Waals surface area contributed by atoms with E-state index in [9.17, 15) is 8.42 Å². The van der Waals surface area contributed by atoms with Gasteiger partial charge >= 0.3 is 0 Å². The zero-order chi connectivity index (χ0) is 23.0. The van der Waals surface area contributed by atoms with Crippen molar-refractivity contribution >= 4 is 48.0 Å². The summed E-state index contributed by atoms with van der Waals surface area (Å²) in [5, 5.41) is 1.35. The van der Waals surface area contributed by atoms with Crippen molar-refractivity contribution in [2.45, 2.75) is 9.79 Å². The van der Waals surface area contributed by atoms with E-state index >= 15 is 0 Å². The van der Waals surface area contributed by atoms with Gasteiger partial charge in [-0.15, -0.1) is 11.3 Å². The third-order valence-corrected chi connectivity index (χ3v) is 8.83.